The highest BCUT2D eigenvalue weighted by Crippen LogP contribution is 2.49. The highest BCUT2D eigenvalue weighted by Gasteiger charge is 2.39. The third-order valence-electron chi connectivity index (χ3n) is 5.04. The maximum Gasteiger partial charge on any atom is 0.201 e. The first-order valence-corrected chi connectivity index (χ1v) is 7.91. The number of halogens is 1. The minimum Gasteiger partial charge on any atom is -0.369 e. The lowest BCUT2D eigenvalue weighted by Gasteiger charge is -2.22. The average Bonchev–Trinajstić information content (AvgIpc) is 3.05. The summed E-state index contributed by atoms with van der Waals surface area (Å²) in [5.41, 5.74) is 8.28. The van der Waals surface area contributed by atoms with Gasteiger partial charge in [0.1, 0.15) is 0 Å². The number of fused-ring (bicyclic) bond motifs is 3. The van der Waals surface area contributed by atoms with Crippen molar-refractivity contribution in [2.24, 2.45) is 17.8 Å². The van der Waals surface area contributed by atoms with Gasteiger partial charge >= 0.3 is 0 Å². The Kier molecular flexibility index (Phi) is 2.62. The summed E-state index contributed by atoms with van der Waals surface area (Å²) in [4.78, 5) is 4.49. The van der Waals surface area contributed by atoms with Gasteiger partial charge in [-0.3, -0.25) is 0 Å². The normalized spacial score (nSPS) is 29.4. The zero-order valence-electron chi connectivity index (χ0n) is 10.8. The van der Waals surface area contributed by atoms with Crippen molar-refractivity contribution in [2.75, 3.05) is 5.73 Å². The van der Waals surface area contributed by atoms with E-state index in [9.17, 15) is 0 Å². The van der Waals surface area contributed by atoms with Crippen molar-refractivity contribution in [1.29, 1.82) is 0 Å². The standard InChI is InChI=1S/C15H18BrN3/c16-12-3-4-14-13(7-12)18-15(17)19(14)8-11-6-9-1-2-10(11)5-9/h3-4,7,9-11H,1-2,5-6,8H2,(H2,17,18). The van der Waals surface area contributed by atoms with Crippen molar-refractivity contribution >= 4 is 32.9 Å². The Labute approximate surface area is 121 Å². The fourth-order valence-corrected chi connectivity index (χ4v) is 4.50. The lowest BCUT2D eigenvalue weighted by molar-refractivity contribution is 0.300. The molecule has 2 aliphatic carbocycles. The van der Waals surface area contributed by atoms with Gasteiger partial charge in [0.15, 0.2) is 0 Å². The first-order chi connectivity index (χ1) is 9.20. The number of nitrogens with zero attached hydrogens (tertiary/aromatic N) is 2. The third kappa shape index (κ3) is 1.88. The minimum atomic E-state index is 0.663. The van der Waals surface area contributed by atoms with Gasteiger partial charge in [-0.1, -0.05) is 22.4 Å². The Balaban J connectivity index is 1.69. The van der Waals surface area contributed by atoms with Gasteiger partial charge in [-0.15, -0.1) is 0 Å². The molecule has 2 bridgehead atoms. The van der Waals surface area contributed by atoms with Crippen LogP contribution in [-0.4, -0.2) is 9.55 Å². The molecule has 3 atom stereocenters. The van der Waals surface area contributed by atoms with Crippen molar-refractivity contribution in [3.63, 3.8) is 0 Å². The molecule has 0 amide bonds. The van der Waals surface area contributed by atoms with Crippen molar-refractivity contribution in [2.45, 2.75) is 32.2 Å². The van der Waals surface area contributed by atoms with Gasteiger partial charge in [-0.05, 0) is 55.2 Å². The molecule has 2 aromatic rings. The van der Waals surface area contributed by atoms with Crippen molar-refractivity contribution in [1.82, 2.24) is 9.55 Å². The first-order valence-electron chi connectivity index (χ1n) is 7.12. The molecule has 2 aliphatic rings. The number of hydrogen-bond acceptors (Lipinski definition) is 2. The topological polar surface area (TPSA) is 43.8 Å². The number of nitrogen functional groups attached to an aromatic ring is 1. The van der Waals surface area contributed by atoms with Crippen LogP contribution in [0.4, 0.5) is 5.95 Å². The van der Waals surface area contributed by atoms with E-state index in [1.807, 2.05) is 6.07 Å². The van der Waals surface area contributed by atoms with Gasteiger partial charge in [0.05, 0.1) is 11.0 Å². The molecule has 0 saturated heterocycles. The van der Waals surface area contributed by atoms with Crippen LogP contribution in [0.2, 0.25) is 0 Å². The largest absolute Gasteiger partial charge is 0.369 e. The fourth-order valence-electron chi connectivity index (χ4n) is 4.15. The lowest BCUT2D eigenvalue weighted by atomic mass is 9.89. The second-order valence-corrected chi connectivity index (χ2v) is 7.06. The zero-order valence-corrected chi connectivity index (χ0v) is 12.4. The molecule has 2 fully saturated rings. The van der Waals surface area contributed by atoms with Crippen LogP contribution in [0.25, 0.3) is 11.0 Å². The number of rotatable bonds is 2. The molecule has 4 heteroatoms. The van der Waals surface area contributed by atoms with E-state index < -0.39 is 0 Å². The van der Waals surface area contributed by atoms with Crippen LogP contribution in [0.1, 0.15) is 25.7 Å². The molecule has 3 nitrogen and oxygen atoms in total. The van der Waals surface area contributed by atoms with Crippen molar-refractivity contribution in [3.05, 3.63) is 22.7 Å². The van der Waals surface area contributed by atoms with E-state index in [2.05, 4.69) is 37.6 Å². The van der Waals surface area contributed by atoms with E-state index in [1.54, 1.807) is 0 Å². The van der Waals surface area contributed by atoms with E-state index in [-0.39, 0.29) is 0 Å². The predicted octanol–water partition coefficient (Wildman–Crippen LogP) is 3.82. The molecule has 0 aliphatic heterocycles. The monoisotopic (exact) mass is 319 g/mol. The maximum absolute atomic E-state index is 6.12. The summed E-state index contributed by atoms with van der Waals surface area (Å²) in [6, 6.07) is 6.24. The van der Waals surface area contributed by atoms with Gasteiger partial charge in [0.2, 0.25) is 5.95 Å². The SMILES string of the molecule is Nc1nc2cc(Br)ccc2n1CC1CC2CCC1C2. The zero-order chi connectivity index (χ0) is 13.0. The second-order valence-electron chi connectivity index (χ2n) is 6.15. The van der Waals surface area contributed by atoms with E-state index in [4.69, 9.17) is 5.73 Å². The van der Waals surface area contributed by atoms with Crippen LogP contribution >= 0.6 is 15.9 Å². The van der Waals surface area contributed by atoms with Crippen LogP contribution < -0.4 is 5.73 Å². The van der Waals surface area contributed by atoms with Crippen LogP contribution in [-0.2, 0) is 6.54 Å². The summed E-state index contributed by atoms with van der Waals surface area (Å²) in [5.74, 6) is 3.38. The van der Waals surface area contributed by atoms with E-state index in [0.29, 0.717) is 5.95 Å². The van der Waals surface area contributed by atoms with Gasteiger partial charge < -0.3 is 10.3 Å². The minimum absolute atomic E-state index is 0.663. The van der Waals surface area contributed by atoms with Crippen LogP contribution in [0.3, 0.4) is 0 Å². The highest BCUT2D eigenvalue weighted by molar-refractivity contribution is 9.10. The van der Waals surface area contributed by atoms with Gasteiger partial charge in [0.25, 0.3) is 0 Å². The Bertz CT molecular complexity index is 634. The Morgan fingerprint density at radius 1 is 1.32 bits per heavy atom. The Hall–Kier alpha value is -1.03. The van der Waals surface area contributed by atoms with Crippen LogP contribution in [0, 0.1) is 17.8 Å². The molecule has 0 spiro atoms. The molecule has 1 aromatic heterocycles. The summed E-state index contributed by atoms with van der Waals surface area (Å²) in [6.07, 6.45) is 5.71. The van der Waals surface area contributed by atoms with E-state index in [0.717, 1.165) is 34.3 Å². The fraction of sp³-hybridized carbons (Fsp3) is 0.533. The van der Waals surface area contributed by atoms with Crippen molar-refractivity contribution in [3.8, 4) is 0 Å². The van der Waals surface area contributed by atoms with Crippen LogP contribution in [0.5, 0.6) is 0 Å². The average molecular weight is 320 g/mol. The summed E-state index contributed by atoms with van der Waals surface area (Å²) >= 11 is 3.49. The number of aromatic nitrogens is 2. The second kappa shape index (κ2) is 4.23. The Morgan fingerprint density at radius 3 is 2.95 bits per heavy atom. The first kappa shape index (κ1) is 11.8. The van der Waals surface area contributed by atoms with Gasteiger partial charge in [-0.2, -0.15) is 0 Å². The Morgan fingerprint density at radius 2 is 2.21 bits per heavy atom. The lowest BCUT2D eigenvalue weighted by Crippen LogP contribution is -2.18. The molecule has 3 unspecified atom stereocenters. The molecular weight excluding hydrogens is 302 g/mol. The molecule has 4 rings (SSSR count). The molecule has 2 N–H and O–H groups in total. The van der Waals surface area contributed by atoms with Gasteiger partial charge in [-0.25, -0.2) is 4.98 Å². The molecule has 1 aromatic carbocycles. The highest BCUT2D eigenvalue weighted by atomic mass is 79.9. The third-order valence-corrected chi connectivity index (χ3v) is 5.53. The smallest absolute Gasteiger partial charge is 0.201 e. The number of anilines is 1. The summed E-state index contributed by atoms with van der Waals surface area (Å²) in [7, 11) is 0. The molecule has 2 saturated carbocycles. The molecule has 19 heavy (non-hydrogen) atoms. The van der Waals surface area contributed by atoms with E-state index in [1.165, 1.54) is 31.2 Å². The summed E-state index contributed by atoms with van der Waals surface area (Å²) < 4.78 is 3.28. The number of hydrogen-bond donors (Lipinski definition) is 1. The number of nitrogens with two attached hydrogens (primary N) is 1. The van der Waals surface area contributed by atoms with Gasteiger partial charge in [0, 0.05) is 11.0 Å². The summed E-state index contributed by atoms with van der Waals surface area (Å²) in [5, 5.41) is 0. The van der Waals surface area contributed by atoms with Crippen molar-refractivity contribution < 1.29 is 0 Å². The number of benzene rings is 1. The molecular formula is C15H18BrN3. The molecule has 0 radical (unpaired) electrons. The quantitative estimate of drug-likeness (QED) is 0.914. The number of imidazole rings is 1. The summed E-state index contributed by atoms with van der Waals surface area (Å²) in [6.45, 7) is 1.05. The predicted molar refractivity (Wildman–Crippen MR) is 80.8 cm³/mol. The maximum atomic E-state index is 6.12. The molecule has 100 valence electrons. The van der Waals surface area contributed by atoms with Crippen LogP contribution in [0.15, 0.2) is 22.7 Å². The van der Waals surface area contributed by atoms with E-state index >= 15 is 0 Å². The molecule has 1 heterocycles.